The fraction of sp³-hybridized carbons (Fsp3) is 0.500. The smallest absolute Gasteiger partial charge is 0.245 e. The van der Waals surface area contributed by atoms with Crippen molar-refractivity contribution in [3.05, 3.63) is 18.3 Å². The fourth-order valence-corrected chi connectivity index (χ4v) is 2.52. The molecule has 1 unspecified atom stereocenters. The van der Waals surface area contributed by atoms with Gasteiger partial charge >= 0.3 is 0 Å². The van der Waals surface area contributed by atoms with Crippen LogP contribution in [-0.4, -0.2) is 36.6 Å². The molecule has 3 rings (SSSR count). The summed E-state index contributed by atoms with van der Waals surface area (Å²) in [6.07, 6.45) is 4.12. The molecule has 90 valence electrons. The molecule has 1 atom stereocenters. The maximum atomic E-state index is 11.6. The van der Waals surface area contributed by atoms with E-state index in [1.165, 1.54) is 12.8 Å². The highest BCUT2D eigenvalue weighted by atomic mass is 16.2. The lowest BCUT2D eigenvalue weighted by Gasteiger charge is -2.31. The van der Waals surface area contributed by atoms with Gasteiger partial charge < -0.3 is 15.5 Å². The van der Waals surface area contributed by atoms with E-state index in [0.717, 1.165) is 18.8 Å². The quantitative estimate of drug-likeness (QED) is 0.783. The monoisotopic (exact) mass is 232 g/mol. The Balaban J connectivity index is 1.81. The average Bonchev–Trinajstić information content (AvgIpc) is 2.81. The Hall–Kier alpha value is -1.62. The topological polar surface area (TPSA) is 57.3 Å². The van der Waals surface area contributed by atoms with Gasteiger partial charge in [-0.1, -0.05) is 0 Å². The summed E-state index contributed by atoms with van der Waals surface area (Å²) in [4.78, 5) is 17.9. The lowest BCUT2D eigenvalue weighted by Crippen LogP contribution is -2.44. The fourth-order valence-electron chi connectivity index (χ4n) is 2.52. The van der Waals surface area contributed by atoms with Gasteiger partial charge in [0.2, 0.25) is 5.91 Å². The molecule has 17 heavy (non-hydrogen) atoms. The maximum absolute atomic E-state index is 11.6. The van der Waals surface area contributed by atoms with Gasteiger partial charge in [-0.15, -0.1) is 0 Å². The van der Waals surface area contributed by atoms with Crippen LogP contribution in [0.3, 0.4) is 0 Å². The molecule has 3 heterocycles. The van der Waals surface area contributed by atoms with Gasteiger partial charge in [-0.05, 0) is 31.5 Å². The third-order valence-electron chi connectivity index (χ3n) is 3.32. The van der Waals surface area contributed by atoms with Gasteiger partial charge in [-0.25, -0.2) is 4.98 Å². The van der Waals surface area contributed by atoms with Crippen LogP contribution in [0.2, 0.25) is 0 Å². The van der Waals surface area contributed by atoms with Crippen LogP contribution in [0, 0.1) is 0 Å². The first-order valence-electron chi connectivity index (χ1n) is 6.06. The normalized spacial score (nSPS) is 23.4. The molecule has 0 bridgehead atoms. The molecule has 0 saturated carbocycles. The number of hydrogen-bond acceptors (Lipinski definition) is 4. The van der Waals surface area contributed by atoms with Gasteiger partial charge in [-0.2, -0.15) is 0 Å². The Morgan fingerprint density at radius 1 is 1.53 bits per heavy atom. The number of amides is 1. The molecule has 5 heteroatoms. The minimum absolute atomic E-state index is 0.0224. The number of hydrogen-bond donors (Lipinski definition) is 2. The number of aromatic nitrogens is 1. The van der Waals surface area contributed by atoms with Crippen LogP contribution in [0.5, 0.6) is 0 Å². The highest BCUT2D eigenvalue weighted by Gasteiger charge is 2.25. The van der Waals surface area contributed by atoms with Crippen LogP contribution < -0.4 is 15.5 Å². The Kier molecular flexibility index (Phi) is 2.68. The van der Waals surface area contributed by atoms with E-state index in [2.05, 4.69) is 20.5 Å². The van der Waals surface area contributed by atoms with Crippen LogP contribution in [0.25, 0.3) is 0 Å². The van der Waals surface area contributed by atoms with E-state index in [9.17, 15) is 4.79 Å². The molecule has 1 aromatic rings. The van der Waals surface area contributed by atoms with Crippen molar-refractivity contribution in [1.82, 2.24) is 10.3 Å². The summed E-state index contributed by atoms with van der Waals surface area (Å²) in [5.74, 6) is 0.705. The Morgan fingerprint density at radius 2 is 2.47 bits per heavy atom. The van der Waals surface area contributed by atoms with E-state index in [0.29, 0.717) is 18.4 Å². The van der Waals surface area contributed by atoms with E-state index < -0.39 is 0 Å². The molecular formula is C12H16N4O. The molecule has 2 aliphatic rings. The lowest BCUT2D eigenvalue weighted by molar-refractivity contribution is -0.115. The lowest BCUT2D eigenvalue weighted by atomic mass is 10.2. The largest absolute Gasteiger partial charge is 0.358 e. The van der Waals surface area contributed by atoms with Gasteiger partial charge in [0, 0.05) is 18.8 Å². The summed E-state index contributed by atoms with van der Waals surface area (Å²) in [6, 6.07) is 4.41. The van der Waals surface area contributed by atoms with E-state index in [4.69, 9.17) is 0 Å². The Bertz CT molecular complexity index is 428. The second-order valence-electron chi connectivity index (χ2n) is 4.59. The predicted octanol–water partition coefficient (Wildman–Crippen LogP) is 0.592. The average molecular weight is 232 g/mol. The van der Waals surface area contributed by atoms with Crippen molar-refractivity contribution in [2.75, 3.05) is 29.9 Å². The van der Waals surface area contributed by atoms with Crippen LogP contribution in [0.15, 0.2) is 18.3 Å². The SMILES string of the molecule is O=C1CN(CC2CCCN2)c2cccnc2N1. The van der Waals surface area contributed by atoms with Crippen molar-refractivity contribution in [2.45, 2.75) is 18.9 Å². The number of rotatable bonds is 2. The molecule has 1 aromatic heterocycles. The molecule has 1 amide bonds. The first kappa shape index (κ1) is 10.5. The number of pyridine rings is 1. The van der Waals surface area contributed by atoms with E-state index in [-0.39, 0.29) is 5.91 Å². The van der Waals surface area contributed by atoms with Crippen molar-refractivity contribution in [3.63, 3.8) is 0 Å². The molecule has 2 N–H and O–H groups in total. The molecule has 0 aromatic carbocycles. The van der Waals surface area contributed by atoms with Crippen LogP contribution in [0.1, 0.15) is 12.8 Å². The Labute approximate surface area is 100 Å². The van der Waals surface area contributed by atoms with Crippen molar-refractivity contribution in [1.29, 1.82) is 0 Å². The highest BCUT2D eigenvalue weighted by Crippen LogP contribution is 2.27. The van der Waals surface area contributed by atoms with E-state index >= 15 is 0 Å². The summed E-state index contributed by atoms with van der Waals surface area (Å²) in [5.41, 5.74) is 1.03. The molecule has 2 aliphatic heterocycles. The van der Waals surface area contributed by atoms with Gasteiger partial charge in [0.05, 0.1) is 12.2 Å². The minimum atomic E-state index is 0.0224. The second-order valence-corrected chi connectivity index (χ2v) is 4.59. The van der Waals surface area contributed by atoms with Crippen LogP contribution in [0.4, 0.5) is 11.5 Å². The molecule has 0 aliphatic carbocycles. The van der Waals surface area contributed by atoms with Crippen molar-refractivity contribution in [2.24, 2.45) is 0 Å². The van der Waals surface area contributed by atoms with Crippen LogP contribution >= 0.6 is 0 Å². The standard InChI is InChI=1S/C12H16N4O/c17-11-8-16(7-9-3-1-5-13-9)10-4-2-6-14-12(10)15-11/h2,4,6,9,13H,1,3,5,7-8H2,(H,14,15,17). The highest BCUT2D eigenvalue weighted by molar-refractivity contribution is 5.99. The second kappa shape index (κ2) is 4.33. The third-order valence-corrected chi connectivity index (χ3v) is 3.32. The Morgan fingerprint density at radius 3 is 3.29 bits per heavy atom. The number of carbonyl (C=O) groups excluding carboxylic acids is 1. The molecule has 0 radical (unpaired) electrons. The number of anilines is 2. The third kappa shape index (κ3) is 2.10. The first-order valence-corrected chi connectivity index (χ1v) is 6.06. The van der Waals surface area contributed by atoms with Crippen molar-refractivity contribution >= 4 is 17.4 Å². The van der Waals surface area contributed by atoms with Gasteiger partial charge in [0.15, 0.2) is 5.82 Å². The van der Waals surface area contributed by atoms with E-state index in [1.54, 1.807) is 6.20 Å². The zero-order valence-electron chi connectivity index (χ0n) is 9.65. The summed E-state index contributed by atoms with van der Waals surface area (Å²) in [5, 5.41) is 6.26. The number of fused-ring (bicyclic) bond motifs is 1. The van der Waals surface area contributed by atoms with Gasteiger partial charge in [0.25, 0.3) is 0 Å². The molecule has 1 fully saturated rings. The molecular weight excluding hydrogens is 216 g/mol. The minimum Gasteiger partial charge on any atom is -0.358 e. The molecule has 5 nitrogen and oxygen atoms in total. The van der Waals surface area contributed by atoms with Gasteiger partial charge in [-0.3, -0.25) is 4.79 Å². The zero-order valence-corrected chi connectivity index (χ0v) is 9.65. The summed E-state index contributed by atoms with van der Waals surface area (Å²) in [6.45, 7) is 2.40. The molecule has 1 saturated heterocycles. The number of carbonyl (C=O) groups is 1. The van der Waals surface area contributed by atoms with Crippen molar-refractivity contribution < 1.29 is 4.79 Å². The van der Waals surface area contributed by atoms with Crippen LogP contribution in [-0.2, 0) is 4.79 Å². The van der Waals surface area contributed by atoms with Gasteiger partial charge in [0.1, 0.15) is 0 Å². The summed E-state index contributed by atoms with van der Waals surface area (Å²) < 4.78 is 0. The maximum Gasteiger partial charge on any atom is 0.245 e. The zero-order chi connectivity index (χ0) is 11.7. The van der Waals surface area contributed by atoms with E-state index in [1.807, 2.05) is 12.1 Å². The van der Waals surface area contributed by atoms with Crippen molar-refractivity contribution in [3.8, 4) is 0 Å². The summed E-state index contributed by atoms with van der Waals surface area (Å²) in [7, 11) is 0. The molecule has 0 spiro atoms. The first-order chi connectivity index (χ1) is 8.33. The number of nitrogens with zero attached hydrogens (tertiary/aromatic N) is 2. The summed E-state index contributed by atoms with van der Waals surface area (Å²) >= 11 is 0. The predicted molar refractivity (Wildman–Crippen MR) is 66.1 cm³/mol. The number of nitrogens with one attached hydrogen (secondary N) is 2.